The van der Waals surface area contributed by atoms with Gasteiger partial charge < -0.3 is 16.0 Å². The van der Waals surface area contributed by atoms with Gasteiger partial charge in [0.25, 0.3) is 0 Å². The minimum atomic E-state index is -0.400. The summed E-state index contributed by atoms with van der Waals surface area (Å²) < 4.78 is 29.3. The second kappa shape index (κ2) is 9.11. The second-order valence-corrected chi connectivity index (χ2v) is 8.21. The van der Waals surface area contributed by atoms with Gasteiger partial charge in [-0.1, -0.05) is 24.6 Å². The molecule has 0 atom stereocenters. The molecule has 0 unspecified atom stereocenters. The number of fused-ring (bicyclic) bond motifs is 1. The number of anilines is 2. The number of nitrogen functional groups attached to an aromatic ring is 1. The van der Waals surface area contributed by atoms with Crippen LogP contribution in [0.3, 0.4) is 0 Å². The summed E-state index contributed by atoms with van der Waals surface area (Å²) in [4.78, 5) is 11.6. The van der Waals surface area contributed by atoms with E-state index < -0.39 is 5.82 Å². The molecule has 4 aromatic rings. The van der Waals surface area contributed by atoms with Gasteiger partial charge in [-0.25, -0.2) is 18.4 Å². The quantitative estimate of drug-likeness (QED) is 0.458. The number of piperidine rings is 1. The van der Waals surface area contributed by atoms with Crippen LogP contribution in [0.1, 0.15) is 19.3 Å². The fraction of sp³-hybridized carbons (Fsp3) is 0.292. The Hall–Kier alpha value is -3.59. The van der Waals surface area contributed by atoms with Crippen LogP contribution >= 0.6 is 0 Å². The lowest BCUT2D eigenvalue weighted by Crippen LogP contribution is -2.33. The van der Waals surface area contributed by atoms with E-state index in [2.05, 4.69) is 25.3 Å². The smallest absolute Gasteiger partial charge is 0.225 e. The Balaban J connectivity index is 1.55. The molecule has 7 nitrogen and oxygen atoms in total. The van der Waals surface area contributed by atoms with Gasteiger partial charge in [-0.05, 0) is 56.3 Å². The summed E-state index contributed by atoms with van der Waals surface area (Å²) in [7, 11) is 0. The molecular weight excluding hydrogens is 424 g/mol. The van der Waals surface area contributed by atoms with Crippen molar-refractivity contribution in [2.45, 2.75) is 19.3 Å². The summed E-state index contributed by atoms with van der Waals surface area (Å²) in [6.07, 6.45) is 3.74. The van der Waals surface area contributed by atoms with Gasteiger partial charge in [-0.15, -0.1) is 5.10 Å². The molecule has 2 aromatic heterocycles. The third-order valence-corrected chi connectivity index (χ3v) is 5.88. The SMILES string of the molecule is Nc1c2c(-c3cccc(F)c3)nc(NCCN3CCCCC3)nc2nn1-c1cccc(F)c1. The first-order valence-corrected chi connectivity index (χ1v) is 11.1. The summed E-state index contributed by atoms with van der Waals surface area (Å²) in [6, 6.07) is 12.1. The number of nitrogens with two attached hydrogens (primary N) is 1. The van der Waals surface area contributed by atoms with Crippen molar-refractivity contribution in [1.29, 1.82) is 0 Å². The van der Waals surface area contributed by atoms with E-state index >= 15 is 0 Å². The van der Waals surface area contributed by atoms with Crippen LogP contribution in [0.25, 0.3) is 28.0 Å². The minimum absolute atomic E-state index is 0.259. The molecule has 5 rings (SSSR count). The number of hydrogen-bond acceptors (Lipinski definition) is 6. The van der Waals surface area contributed by atoms with E-state index in [0.717, 1.165) is 19.6 Å². The molecule has 0 radical (unpaired) electrons. The monoisotopic (exact) mass is 449 g/mol. The van der Waals surface area contributed by atoms with Crippen LogP contribution in [0.15, 0.2) is 48.5 Å². The van der Waals surface area contributed by atoms with Crippen LogP contribution in [0, 0.1) is 11.6 Å². The zero-order valence-electron chi connectivity index (χ0n) is 18.1. The topological polar surface area (TPSA) is 84.9 Å². The molecule has 1 saturated heterocycles. The summed E-state index contributed by atoms with van der Waals surface area (Å²) >= 11 is 0. The number of rotatable bonds is 6. The van der Waals surface area contributed by atoms with Crippen LogP contribution in [0.5, 0.6) is 0 Å². The van der Waals surface area contributed by atoms with Crippen molar-refractivity contribution in [3.8, 4) is 16.9 Å². The van der Waals surface area contributed by atoms with Crippen molar-refractivity contribution >= 4 is 22.8 Å². The van der Waals surface area contributed by atoms with Crippen LogP contribution in [0.4, 0.5) is 20.5 Å². The van der Waals surface area contributed by atoms with Crippen molar-refractivity contribution < 1.29 is 8.78 Å². The van der Waals surface area contributed by atoms with Crippen LogP contribution in [0.2, 0.25) is 0 Å². The highest BCUT2D eigenvalue weighted by Gasteiger charge is 2.20. The van der Waals surface area contributed by atoms with Gasteiger partial charge in [-0.3, -0.25) is 0 Å². The molecule has 2 aromatic carbocycles. The molecule has 1 fully saturated rings. The van der Waals surface area contributed by atoms with Gasteiger partial charge in [-0.2, -0.15) is 4.98 Å². The van der Waals surface area contributed by atoms with E-state index in [-0.39, 0.29) is 11.6 Å². The van der Waals surface area contributed by atoms with E-state index in [9.17, 15) is 8.78 Å². The lowest BCUT2D eigenvalue weighted by atomic mass is 10.1. The predicted octanol–water partition coefficient (Wildman–Crippen LogP) is 4.24. The molecule has 33 heavy (non-hydrogen) atoms. The first-order chi connectivity index (χ1) is 16.1. The largest absolute Gasteiger partial charge is 0.383 e. The Labute approximate surface area is 190 Å². The third kappa shape index (κ3) is 4.49. The summed E-state index contributed by atoms with van der Waals surface area (Å²) in [6.45, 7) is 3.76. The maximum absolute atomic E-state index is 14.0. The molecule has 1 aliphatic rings. The molecule has 0 amide bonds. The maximum atomic E-state index is 14.0. The lowest BCUT2D eigenvalue weighted by molar-refractivity contribution is 0.237. The van der Waals surface area contributed by atoms with Crippen LogP contribution in [-0.2, 0) is 0 Å². The predicted molar refractivity (Wildman–Crippen MR) is 125 cm³/mol. The Bertz CT molecular complexity index is 1280. The van der Waals surface area contributed by atoms with Gasteiger partial charge in [0, 0.05) is 18.7 Å². The Kier molecular flexibility index (Phi) is 5.87. The van der Waals surface area contributed by atoms with Crippen LogP contribution in [-0.4, -0.2) is 50.8 Å². The number of nitrogens with zero attached hydrogens (tertiary/aromatic N) is 5. The van der Waals surface area contributed by atoms with E-state index in [1.807, 2.05) is 0 Å². The standard InChI is InChI=1S/C24H25F2N7/c25-17-7-4-6-16(14-17)21-20-22(27)33(19-9-5-8-18(26)15-19)31-23(20)30-24(29-21)28-10-13-32-11-2-1-3-12-32/h4-9,14-15H,1-3,10-13,27H2,(H,28,30,31). The van der Waals surface area contributed by atoms with Crippen molar-refractivity contribution in [3.05, 3.63) is 60.2 Å². The molecular formula is C24H25F2N7. The second-order valence-electron chi connectivity index (χ2n) is 8.21. The number of benzene rings is 2. The highest BCUT2D eigenvalue weighted by atomic mass is 19.1. The van der Waals surface area contributed by atoms with Crippen molar-refractivity contribution in [3.63, 3.8) is 0 Å². The fourth-order valence-electron chi connectivity index (χ4n) is 4.25. The summed E-state index contributed by atoms with van der Waals surface area (Å²) in [5, 5.41) is 8.29. The third-order valence-electron chi connectivity index (χ3n) is 5.88. The molecule has 9 heteroatoms. The molecule has 0 aliphatic carbocycles. The minimum Gasteiger partial charge on any atom is -0.383 e. The number of halogens is 2. The average Bonchev–Trinajstić information content (AvgIpc) is 3.16. The van der Waals surface area contributed by atoms with E-state index in [4.69, 9.17) is 5.73 Å². The van der Waals surface area contributed by atoms with Gasteiger partial charge in [0.1, 0.15) is 17.5 Å². The number of likely N-dealkylation sites (tertiary alicyclic amines) is 1. The normalized spacial score (nSPS) is 14.6. The Morgan fingerprint density at radius 3 is 2.45 bits per heavy atom. The molecule has 170 valence electrons. The van der Waals surface area contributed by atoms with Crippen LogP contribution < -0.4 is 11.1 Å². The van der Waals surface area contributed by atoms with Gasteiger partial charge in [0.05, 0.1) is 16.8 Å². The molecule has 0 saturated carbocycles. The highest BCUT2D eigenvalue weighted by Crippen LogP contribution is 2.33. The summed E-state index contributed by atoms with van der Waals surface area (Å²) in [5.74, 6) is -0.129. The van der Waals surface area contributed by atoms with Gasteiger partial charge in [0.15, 0.2) is 5.65 Å². The average molecular weight is 450 g/mol. The van der Waals surface area contributed by atoms with Gasteiger partial charge >= 0.3 is 0 Å². The summed E-state index contributed by atoms with van der Waals surface area (Å²) in [5.41, 5.74) is 8.28. The Morgan fingerprint density at radius 2 is 1.70 bits per heavy atom. The first-order valence-electron chi connectivity index (χ1n) is 11.1. The van der Waals surface area contributed by atoms with Crippen molar-refractivity contribution in [1.82, 2.24) is 24.6 Å². The zero-order chi connectivity index (χ0) is 22.8. The fourth-order valence-corrected chi connectivity index (χ4v) is 4.25. The van der Waals surface area contributed by atoms with Crippen molar-refractivity contribution in [2.24, 2.45) is 0 Å². The molecule has 3 N–H and O–H groups in total. The van der Waals surface area contributed by atoms with E-state index in [1.54, 1.807) is 24.3 Å². The highest BCUT2D eigenvalue weighted by molar-refractivity contribution is 5.99. The first kappa shape index (κ1) is 21.3. The number of aromatic nitrogens is 4. The van der Waals surface area contributed by atoms with Crippen molar-refractivity contribution in [2.75, 3.05) is 37.2 Å². The Morgan fingerprint density at radius 1 is 0.939 bits per heavy atom. The zero-order valence-corrected chi connectivity index (χ0v) is 18.1. The molecule has 0 bridgehead atoms. The number of nitrogens with one attached hydrogen (secondary N) is 1. The lowest BCUT2D eigenvalue weighted by Gasteiger charge is -2.26. The van der Waals surface area contributed by atoms with Gasteiger partial charge in [0.2, 0.25) is 5.95 Å². The van der Waals surface area contributed by atoms with E-state index in [0.29, 0.717) is 40.5 Å². The molecule has 0 spiro atoms. The molecule has 3 heterocycles. The number of hydrogen-bond donors (Lipinski definition) is 2. The molecule has 1 aliphatic heterocycles. The van der Waals surface area contributed by atoms with E-state index in [1.165, 1.54) is 48.2 Å². The maximum Gasteiger partial charge on any atom is 0.225 e.